The molecule has 0 spiro atoms. The fourth-order valence-electron chi connectivity index (χ4n) is 2.03. The van der Waals surface area contributed by atoms with Gasteiger partial charge in [0.2, 0.25) is 10.0 Å². The van der Waals surface area contributed by atoms with Crippen molar-refractivity contribution < 1.29 is 22.3 Å². The number of rotatable bonds is 7. The lowest BCUT2D eigenvalue weighted by Crippen LogP contribution is -2.30. The fraction of sp³-hybridized carbons (Fsp3) is 0.357. The van der Waals surface area contributed by atoms with Gasteiger partial charge in [-0.25, -0.2) is 17.6 Å². The van der Waals surface area contributed by atoms with Gasteiger partial charge in [-0.1, -0.05) is 29.9 Å². The van der Waals surface area contributed by atoms with Crippen LogP contribution >= 0.6 is 23.1 Å². The number of carbonyl (C=O) groups is 1. The highest BCUT2D eigenvalue weighted by Crippen LogP contribution is 2.21. The van der Waals surface area contributed by atoms with Gasteiger partial charge in [0.25, 0.3) is 0 Å². The highest BCUT2D eigenvalue weighted by Gasteiger charge is 2.25. The molecule has 0 aliphatic heterocycles. The molecule has 1 aromatic heterocycles. The van der Waals surface area contributed by atoms with Gasteiger partial charge in [-0.15, -0.1) is 5.10 Å². The van der Waals surface area contributed by atoms with Gasteiger partial charge in [-0.05, 0) is 18.2 Å². The first-order valence-corrected chi connectivity index (χ1v) is 9.83. The predicted octanol–water partition coefficient (Wildman–Crippen LogP) is 2.72. The molecule has 0 aliphatic rings. The Morgan fingerprint density at radius 2 is 2.04 bits per heavy atom. The Labute approximate surface area is 153 Å². The van der Waals surface area contributed by atoms with Gasteiger partial charge in [0.1, 0.15) is 22.5 Å². The zero-order chi connectivity index (χ0) is 18.6. The standard InChI is InChI=1S/C14H15ClFN3O4S2/c1-3-19(4-2)25(21,22)9-5-6-11(16)10(7-9)14(20)23-8-12-13(15)24-18-17-12/h5-7H,3-4,8H2,1-2H3. The molecular formula is C14H15ClFN3O4S2. The number of sulfonamides is 1. The summed E-state index contributed by atoms with van der Waals surface area (Å²) in [7, 11) is -3.82. The number of esters is 1. The van der Waals surface area contributed by atoms with E-state index in [0.29, 0.717) is 0 Å². The van der Waals surface area contributed by atoms with E-state index >= 15 is 0 Å². The van der Waals surface area contributed by atoms with Gasteiger partial charge in [0.15, 0.2) is 0 Å². The van der Waals surface area contributed by atoms with Crippen LogP contribution in [0, 0.1) is 5.82 Å². The summed E-state index contributed by atoms with van der Waals surface area (Å²) in [5.41, 5.74) is -0.236. The Bertz CT molecular complexity index is 869. The highest BCUT2D eigenvalue weighted by molar-refractivity contribution is 7.89. The van der Waals surface area contributed by atoms with E-state index in [0.717, 1.165) is 29.7 Å². The number of benzene rings is 1. The van der Waals surface area contributed by atoms with Crippen LogP contribution in [-0.4, -0.2) is 41.4 Å². The van der Waals surface area contributed by atoms with Gasteiger partial charge in [-0.2, -0.15) is 4.31 Å². The first-order chi connectivity index (χ1) is 11.8. The first-order valence-electron chi connectivity index (χ1n) is 7.24. The van der Waals surface area contributed by atoms with Gasteiger partial charge < -0.3 is 4.74 Å². The molecule has 0 fully saturated rings. The van der Waals surface area contributed by atoms with Crippen LogP contribution in [0.4, 0.5) is 4.39 Å². The van der Waals surface area contributed by atoms with E-state index in [2.05, 4.69) is 9.59 Å². The summed E-state index contributed by atoms with van der Waals surface area (Å²) in [4.78, 5) is 11.9. The molecule has 0 N–H and O–H groups in total. The summed E-state index contributed by atoms with van der Waals surface area (Å²) in [6.45, 7) is 3.59. The molecule has 1 heterocycles. The minimum Gasteiger partial charge on any atom is -0.455 e. The first kappa shape index (κ1) is 19.7. The van der Waals surface area contributed by atoms with Crippen molar-refractivity contribution in [3.63, 3.8) is 0 Å². The Hall–Kier alpha value is -1.62. The Morgan fingerprint density at radius 1 is 1.36 bits per heavy atom. The number of nitrogens with zero attached hydrogens (tertiary/aromatic N) is 3. The van der Waals surface area contributed by atoms with Crippen LogP contribution in [0.1, 0.15) is 29.9 Å². The molecule has 1 aromatic carbocycles. The molecule has 7 nitrogen and oxygen atoms in total. The minimum absolute atomic E-state index is 0.182. The number of hydrogen-bond donors (Lipinski definition) is 0. The van der Waals surface area contributed by atoms with E-state index in [1.165, 1.54) is 4.31 Å². The number of hydrogen-bond acceptors (Lipinski definition) is 7. The highest BCUT2D eigenvalue weighted by atomic mass is 35.5. The van der Waals surface area contributed by atoms with E-state index in [-0.39, 0.29) is 34.6 Å². The van der Waals surface area contributed by atoms with Gasteiger partial charge in [0.05, 0.1) is 10.5 Å². The maximum atomic E-state index is 14.0. The van der Waals surface area contributed by atoms with Crippen molar-refractivity contribution in [2.75, 3.05) is 13.1 Å². The molecule has 25 heavy (non-hydrogen) atoms. The third-order valence-corrected chi connectivity index (χ3v) is 6.38. The molecule has 0 aliphatic carbocycles. The average molecular weight is 408 g/mol. The summed E-state index contributed by atoms with van der Waals surface area (Å²) < 4.78 is 48.9. The smallest absolute Gasteiger partial charge is 0.341 e. The van der Waals surface area contributed by atoms with Gasteiger partial charge >= 0.3 is 5.97 Å². The Morgan fingerprint density at radius 3 is 2.60 bits per heavy atom. The lowest BCUT2D eigenvalue weighted by molar-refractivity contribution is 0.0462. The average Bonchev–Trinajstić information content (AvgIpc) is 2.98. The molecule has 0 amide bonds. The summed E-state index contributed by atoms with van der Waals surface area (Å²) in [6.07, 6.45) is 0. The summed E-state index contributed by atoms with van der Waals surface area (Å²) in [5, 5.41) is 3.67. The molecule has 136 valence electrons. The van der Waals surface area contributed by atoms with Crippen LogP contribution < -0.4 is 0 Å². The van der Waals surface area contributed by atoms with Crippen molar-refractivity contribution in [3.05, 3.63) is 39.6 Å². The van der Waals surface area contributed by atoms with Crippen molar-refractivity contribution in [2.45, 2.75) is 25.3 Å². The topological polar surface area (TPSA) is 89.5 Å². The third kappa shape index (κ3) is 4.32. The maximum Gasteiger partial charge on any atom is 0.341 e. The molecule has 2 rings (SSSR count). The minimum atomic E-state index is -3.82. The van der Waals surface area contributed by atoms with E-state index in [1.54, 1.807) is 13.8 Å². The van der Waals surface area contributed by atoms with Crippen molar-refractivity contribution in [1.29, 1.82) is 0 Å². The normalized spacial score (nSPS) is 11.7. The van der Waals surface area contributed by atoms with Crippen LogP contribution in [0.5, 0.6) is 0 Å². The lowest BCUT2D eigenvalue weighted by Gasteiger charge is -2.18. The largest absolute Gasteiger partial charge is 0.455 e. The quantitative estimate of drug-likeness (QED) is 0.655. The number of aromatic nitrogens is 2. The lowest BCUT2D eigenvalue weighted by atomic mass is 10.2. The SMILES string of the molecule is CCN(CC)S(=O)(=O)c1ccc(F)c(C(=O)OCc2nnsc2Cl)c1. The van der Waals surface area contributed by atoms with E-state index in [1.807, 2.05) is 0 Å². The van der Waals surface area contributed by atoms with Gasteiger partial charge in [-0.3, -0.25) is 0 Å². The number of ether oxygens (including phenoxy) is 1. The second-order valence-corrected chi connectivity index (χ2v) is 8.09. The second kappa shape index (κ2) is 8.17. The molecule has 11 heteroatoms. The third-order valence-electron chi connectivity index (χ3n) is 3.35. The Kier molecular flexibility index (Phi) is 6.44. The maximum absolute atomic E-state index is 14.0. The molecule has 0 atom stereocenters. The zero-order valence-electron chi connectivity index (χ0n) is 13.4. The van der Waals surface area contributed by atoms with Crippen molar-refractivity contribution in [2.24, 2.45) is 0 Å². The number of halogens is 2. The Balaban J connectivity index is 2.26. The fourth-order valence-corrected chi connectivity index (χ4v) is 4.11. The molecule has 0 saturated heterocycles. The molecule has 0 bridgehead atoms. The predicted molar refractivity (Wildman–Crippen MR) is 90.5 cm³/mol. The van der Waals surface area contributed by atoms with Crippen LogP contribution in [0.2, 0.25) is 4.34 Å². The van der Waals surface area contributed by atoms with Crippen LogP contribution in [0.15, 0.2) is 23.1 Å². The molecule has 0 saturated carbocycles. The van der Waals surface area contributed by atoms with Crippen molar-refractivity contribution in [3.8, 4) is 0 Å². The summed E-state index contributed by atoms with van der Waals surface area (Å²) >= 11 is 6.72. The van der Waals surface area contributed by atoms with Crippen LogP contribution in [-0.2, 0) is 21.4 Å². The van der Waals surface area contributed by atoms with Crippen molar-refractivity contribution in [1.82, 2.24) is 13.9 Å². The van der Waals surface area contributed by atoms with E-state index in [4.69, 9.17) is 16.3 Å². The summed E-state index contributed by atoms with van der Waals surface area (Å²) in [5.74, 6) is -1.90. The zero-order valence-corrected chi connectivity index (χ0v) is 15.8. The second-order valence-electron chi connectivity index (χ2n) is 4.80. The van der Waals surface area contributed by atoms with Crippen LogP contribution in [0.25, 0.3) is 0 Å². The summed E-state index contributed by atoms with van der Waals surface area (Å²) in [6, 6.07) is 3.00. The van der Waals surface area contributed by atoms with E-state index in [9.17, 15) is 17.6 Å². The van der Waals surface area contributed by atoms with E-state index < -0.39 is 27.4 Å². The van der Waals surface area contributed by atoms with Crippen molar-refractivity contribution >= 4 is 39.1 Å². The van der Waals surface area contributed by atoms with Crippen LogP contribution in [0.3, 0.4) is 0 Å². The molecule has 0 unspecified atom stereocenters. The molecule has 0 radical (unpaired) electrons. The molecule has 2 aromatic rings. The monoisotopic (exact) mass is 407 g/mol. The van der Waals surface area contributed by atoms with Gasteiger partial charge in [0, 0.05) is 24.6 Å². The number of carbonyl (C=O) groups excluding carboxylic acids is 1. The molecular weight excluding hydrogens is 393 g/mol.